The summed E-state index contributed by atoms with van der Waals surface area (Å²) in [5, 5.41) is 0.998. The second kappa shape index (κ2) is 24.9. The number of hydrogen-bond acceptors (Lipinski definition) is 3. The summed E-state index contributed by atoms with van der Waals surface area (Å²) < 4.78 is 8.52. The third-order valence-electron chi connectivity index (χ3n) is 3.97. The van der Waals surface area contributed by atoms with Crippen LogP contribution < -0.4 is 9.79 Å². The molecule has 0 aliphatic rings. The van der Waals surface area contributed by atoms with Gasteiger partial charge in [-0.2, -0.15) is 0 Å². The maximum absolute atomic E-state index is 8.52. The zero-order valence-corrected chi connectivity index (χ0v) is 17.0. The summed E-state index contributed by atoms with van der Waals surface area (Å²) in [5.41, 5.74) is 0. The average Bonchev–Trinajstić information content (AvgIpc) is 2.50. The first kappa shape index (κ1) is 25.9. The number of rotatable bonds is 16. The molecule has 0 aliphatic heterocycles. The van der Waals surface area contributed by atoms with E-state index >= 15 is 0 Å². The smallest absolute Gasteiger partial charge is 0.0813 e. The Morgan fingerprint density at radius 3 is 1.04 bits per heavy atom. The molecule has 0 heterocycles. The number of hydrogen-bond donors (Lipinski definition) is 0. The van der Waals surface area contributed by atoms with Crippen molar-refractivity contribution in [3.63, 3.8) is 0 Å². The molecule has 0 radical (unpaired) electrons. The monoisotopic (exact) mass is 391 g/mol. The van der Waals surface area contributed by atoms with E-state index in [1.54, 1.807) is 0 Å². The quantitative estimate of drug-likeness (QED) is 0.203. The van der Waals surface area contributed by atoms with E-state index in [0.29, 0.717) is 0 Å². The van der Waals surface area contributed by atoms with Crippen molar-refractivity contribution in [3.05, 3.63) is 0 Å². The van der Waals surface area contributed by atoms with Gasteiger partial charge in [-0.3, -0.25) is 0 Å². The molecule has 0 aromatic rings. The standard InChI is InChI=1S/C18H37.Ni.H3O3P/c1-3-5-7-9-11-13-15-17-18-16-14-12-10-8-6-4-2;;1-4(2)3/h1,3-18H2,2H3;;4H,(H2,1,2,3)/q;+2;/p-2. The van der Waals surface area contributed by atoms with Gasteiger partial charge in [0.2, 0.25) is 0 Å². The van der Waals surface area contributed by atoms with E-state index in [4.69, 9.17) is 14.4 Å². The summed E-state index contributed by atoms with van der Waals surface area (Å²) in [6.07, 6.45) is 23.0. The minimum Gasteiger partial charge on any atom is -0.813 e. The van der Waals surface area contributed by atoms with Gasteiger partial charge in [-0.1, -0.05) is 47.3 Å². The molecule has 0 spiro atoms. The first-order valence-corrected chi connectivity index (χ1v) is 11.5. The maximum Gasteiger partial charge on any atom is -0.0813 e. The van der Waals surface area contributed by atoms with E-state index in [9.17, 15) is 0 Å². The van der Waals surface area contributed by atoms with Gasteiger partial charge in [-0.05, 0) is 0 Å². The molecule has 3 nitrogen and oxygen atoms in total. The molecule has 0 aromatic carbocycles. The first-order valence-electron chi connectivity index (χ1n) is 9.54. The van der Waals surface area contributed by atoms with E-state index in [1.165, 1.54) is 103 Å². The second-order valence-corrected chi connectivity index (χ2v) is 7.21. The zero-order valence-electron chi connectivity index (χ0n) is 15.1. The summed E-state index contributed by atoms with van der Waals surface area (Å²) in [7, 11) is -3.63. The Bertz CT molecular complexity index is 208. The van der Waals surface area contributed by atoms with Crippen molar-refractivity contribution < 1.29 is 29.8 Å². The molecule has 0 saturated carbocycles. The van der Waals surface area contributed by atoms with Crippen LogP contribution in [0.3, 0.4) is 0 Å². The second-order valence-electron chi connectivity index (χ2n) is 6.21. The summed E-state index contributed by atoms with van der Waals surface area (Å²) in [4.78, 5) is 17.0. The molecule has 0 aliphatic carbocycles. The Kier molecular flexibility index (Phi) is 28.0. The fourth-order valence-electron chi connectivity index (χ4n) is 2.63. The van der Waals surface area contributed by atoms with E-state index in [-0.39, 0.29) is 0 Å². The molecule has 0 aromatic heterocycles. The van der Waals surface area contributed by atoms with Crippen molar-refractivity contribution in [2.45, 2.75) is 115 Å². The molecule has 0 unspecified atom stereocenters. The molecule has 23 heavy (non-hydrogen) atoms. The Balaban J connectivity index is 0. The summed E-state index contributed by atoms with van der Waals surface area (Å²) in [5.74, 6) is 0. The van der Waals surface area contributed by atoms with E-state index < -0.39 is 8.25 Å². The third-order valence-corrected chi connectivity index (χ3v) is 4.31. The van der Waals surface area contributed by atoms with Crippen molar-refractivity contribution in [3.8, 4) is 0 Å². The van der Waals surface area contributed by atoms with Crippen molar-refractivity contribution in [2.24, 2.45) is 0 Å². The summed E-state index contributed by atoms with van der Waals surface area (Å²) >= 11 is 4.69. The normalized spacial score (nSPS) is 10.7. The average molecular weight is 392 g/mol. The minimum atomic E-state index is -3.63. The predicted molar refractivity (Wildman–Crippen MR) is 93.4 cm³/mol. The van der Waals surface area contributed by atoms with Gasteiger partial charge in [0.1, 0.15) is 0 Å². The predicted octanol–water partition coefficient (Wildman–Crippen LogP) is 5.31. The maximum atomic E-state index is 8.52. The Labute approximate surface area is 153 Å². The van der Waals surface area contributed by atoms with Crippen LogP contribution in [0, 0.1) is 0 Å². The van der Waals surface area contributed by atoms with Gasteiger partial charge in [0.25, 0.3) is 0 Å². The molecule has 0 bridgehead atoms. The van der Waals surface area contributed by atoms with Crippen molar-refractivity contribution in [1.82, 2.24) is 0 Å². The first-order chi connectivity index (χ1) is 11.1. The molecule has 0 amide bonds. The van der Waals surface area contributed by atoms with Crippen LogP contribution in [0.25, 0.3) is 0 Å². The topological polar surface area (TPSA) is 63.2 Å². The molecule has 5 heteroatoms. The van der Waals surface area contributed by atoms with Gasteiger partial charge >= 0.3 is 91.5 Å². The largest absolute Gasteiger partial charge is 0.813 e. The van der Waals surface area contributed by atoms with Crippen LogP contribution in [0.4, 0.5) is 0 Å². The Hall–Kier alpha value is 0.644. The van der Waals surface area contributed by atoms with Crippen molar-refractivity contribution in [2.75, 3.05) is 0 Å². The molecule has 0 atom stereocenters. The molecule has 0 fully saturated rings. The van der Waals surface area contributed by atoms with Crippen LogP contribution in [0.15, 0.2) is 0 Å². The van der Waals surface area contributed by atoms with Crippen molar-refractivity contribution in [1.29, 1.82) is 0 Å². The van der Waals surface area contributed by atoms with Crippen LogP contribution >= 0.6 is 8.25 Å². The number of unbranched alkanes of at least 4 members (excludes halogenated alkanes) is 15. The van der Waals surface area contributed by atoms with Gasteiger partial charge in [-0.25, -0.2) is 0 Å². The molecular weight excluding hydrogens is 354 g/mol. The summed E-state index contributed by atoms with van der Waals surface area (Å²) in [6, 6.07) is 0. The van der Waals surface area contributed by atoms with E-state index in [0.717, 1.165) is 5.39 Å². The van der Waals surface area contributed by atoms with Gasteiger partial charge in [0.05, 0.1) is 0 Å². The molecular formula is C18H38NiO3P. The van der Waals surface area contributed by atoms with Crippen LogP contribution in [-0.2, 0) is 20.0 Å². The van der Waals surface area contributed by atoms with Crippen molar-refractivity contribution >= 4 is 8.25 Å². The van der Waals surface area contributed by atoms with Gasteiger partial charge in [0.15, 0.2) is 0 Å². The van der Waals surface area contributed by atoms with Crippen LogP contribution in [0.1, 0.15) is 110 Å². The molecule has 143 valence electrons. The van der Waals surface area contributed by atoms with Gasteiger partial charge in [0, 0.05) is 0 Å². The molecule has 0 rings (SSSR count). The molecule has 0 N–H and O–H groups in total. The van der Waals surface area contributed by atoms with Crippen LogP contribution in [0.5, 0.6) is 0 Å². The van der Waals surface area contributed by atoms with Gasteiger partial charge < -0.3 is 14.4 Å². The van der Waals surface area contributed by atoms with E-state index in [2.05, 4.69) is 22.4 Å². The van der Waals surface area contributed by atoms with Gasteiger partial charge in [-0.15, -0.1) is 0 Å². The SMILES string of the molecule is CCCCCCCCCCCCCCCCC[CH2][Ni+2].O=[PH]([O-])[O-]. The Morgan fingerprint density at radius 1 is 0.609 bits per heavy atom. The Morgan fingerprint density at radius 2 is 0.826 bits per heavy atom. The summed E-state index contributed by atoms with van der Waals surface area (Å²) in [6.45, 7) is 2.29. The third kappa shape index (κ3) is 34.8. The fraction of sp³-hybridized carbons (Fsp3) is 1.00. The zero-order chi connectivity index (χ0) is 17.6. The fourth-order valence-corrected chi connectivity index (χ4v) is 2.87. The molecule has 0 saturated heterocycles. The van der Waals surface area contributed by atoms with Crippen LogP contribution in [-0.4, -0.2) is 0 Å². The van der Waals surface area contributed by atoms with Crippen LogP contribution in [0.2, 0.25) is 5.39 Å². The van der Waals surface area contributed by atoms with E-state index in [1.807, 2.05) is 0 Å². The minimum absolute atomic E-state index is 0.998.